The first-order valence-electron chi connectivity index (χ1n) is 11.3. The molecule has 0 atom stereocenters. The maximum Gasteiger partial charge on any atom is 0.416 e. The summed E-state index contributed by atoms with van der Waals surface area (Å²) in [6.45, 7) is 0.400. The second-order valence-electron chi connectivity index (χ2n) is 9.31. The lowest BCUT2D eigenvalue weighted by Gasteiger charge is -2.23. The molecule has 3 aromatic rings. The average molecular weight is 462 g/mol. The number of aryl methyl sites for hydroxylation is 1. The predicted octanol–water partition coefficient (Wildman–Crippen LogP) is 6.73. The fourth-order valence-corrected chi connectivity index (χ4v) is 3.74. The summed E-state index contributed by atoms with van der Waals surface area (Å²) in [6.07, 6.45) is 1.24. The zero-order chi connectivity index (χ0) is 24.1. The number of hydrogen-bond donors (Lipinski definition) is 1. The van der Waals surface area contributed by atoms with E-state index in [0.717, 1.165) is 61.4 Å². The van der Waals surface area contributed by atoms with Crippen molar-refractivity contribution in [3.05, 3.63) is 65.4 Å². The fourth-order valence-electron chi connectivity index (χ4n) is 3.74. The van der Waals surface area contributed by atoms with Crippen molar-refractivity contribution in [1.82, 2.24) is 9.47 Å². The van der Waals surface area contributed by atoms with Crippen molar-refractivity contribution in [3.63, 3.8) is 0 Å². The smallest absolute Gasteiger partial charge is 0.416 e. The van der Waals surface area contributed by atoms with E-state index in [-0.39, 0.29) is 5.97 Å². The number of aromatic amines is 1. The number of hydrogen-bond acceptors (Lipinski definition) is 2. The average Bonchev–Trinajstić information content (AvgIpc) is 3.16. The Morgan fingerprint density at radius 2 is 1.67 bits per heavy atom. The summed E-state index contributed by atoms with van der Waals surface area (Å²) in [6, 6.07) is 13.2. The minimum atomic E-state index is -4.33. The molecular formula is C26H32F3N2O2+. The maximum atomic E-state index is 12.8. The summed E-state index contributed by atoms with van der Waals surface area (Å²) in [5.41, 5.74) is 2.45. The largest absolute Gasteiger partial charge is 0.462 e. The molecule has 0 aliphatic rings. The Balaban J connectivity index is 1.33. The number of halogens is 3. The number of rotatable bonds is 10. The second kappa shape index (κ2) is 10.4. The number of alkyl halides is 3. The Morgan fingerprint density at radius 1 is 0.939 bits per heavy atom. The molecule has 1 aromatic heterocycles. The Bertz CT molecular complexity index is 1080. The first kappa shape index (κ1) is 24.8. The van der Waals surface area contributed by atoms with E-state index in [1.165, 1.54) is 12.1 Å². The van der Waals surface area contributed by atoms with Gasteiger partial charge in [-0.05, 0) is 55.0 Å². The molecule has 0 aliphatic heterocycles. The first-order valence-corrected chi connectivity index (χ1v) is 11.3. The number of carbonyl (C=O) groups excluding carboxylic acids is 1. The summed E-state index contributed by atoms with van der Waals surface area (Å²) in [5.74, 6) is -0.294. The zero-order valence-corrected chi connectivity index (χ0v) is 19.5. The van der Waals surface area contributed by atoms with Crippen LogP contribution in [-0.4, -0.2) is 38.7 Å². The number of nitrogens with zero attached hydrogens (tertiary/aromatic N) is 1. The van der Waals surface area contributed by atoms with Crippen LogP contribution in [0.3, 0.4) is 0 Å². The van der Waals surface area contributed by atoms with E-state index < -0.39 is 11.7 Å². The molecule has 0 aliphatic carbocycles. The first-order chi connectivity index (χ1) is 15.5. The van der Waals surface area contributed by atoms with Crippen molar-refractivity contribution in [2.45, 2.75) is 44.7 Å². The van der Waals surface area contributed by atoms with Gasteiger partial charge in [0.1, 0.15) is 5.69 Å². The van der Waals surface area contributed by atoms with Crippen LogP contribution in [0.2, 0.25) is 0 Å². The van der Waals surface area contributed by atoms with Crippen LogP contribution in [0, 0.1) is 0 Å². The summed E-state index contributed by atoms with van der Waals surface area (Å²) < 4.78 is 44.6. The highest BCUT2D eigenvalue weighted by atomic mass is 19.4. The highest BCUT2D eigenvalue weighted by Gasteiger charge is 2.30. The maximum absolute atomic E-state index is 12.8. The van der Waals surface area contributed by atoms with Crippen molar-refractivity contribution >= 4 is 22.6 Å². The normalized spacial score (nSPS) is 12.3. The lowest BCUT2D eigenvalue weighted by atomic mass is 10.1. The number of aromatic nitrogens is 1. The summed E-state index contributed by atoms with van der Waals surface area (Å²) in [5, 5.41) is 0.798. The van der Waals surface area contributed by atoms with Crippen LogP contribution in [0.4, 0.5) is 18.9 Å². The zero-order valence-electron chi connectivity index (χ0n) is 19.5. The van der Waals surface area contributed by atoms with Gasteiger partial charge in [0.15, 0.2) is 0 Å². The number of H-pyrrole nitrogens is 1. The van der Waals surface area contributed by atoms with Gasteiger partial charge in [-0.15, -0.1) is 0 Å². The quantitative estimate of drug-likeness (QED) is 0.207. The fraction of sp³-hybridized carbons (Fsp3) is 0.423. The lowest BCUT2D eigenvalue weighted by molar-refractivity contribution is -0.137. The van der Waals surface area contributed by atoms with E-state index >= 15 is 0 Å². The number of unbranched alkanes of at least 4 members (excludes halogenated alkanes) is 4. The highest BCUT2D eigenvalue weighted by Crippen LogP contribution is 2.31. The van der Waals surface area contributed by atoms with Crippen LogP contribution in [-0.2, 0) is 17.3 Å². The molecule has 178 valence electrons. The van der Waals surface area contributed by atoms with Crippen LogP contribution in [0.1, 0.15) is 53.7 Å². The van der Waals surface area contributed by atoms with Crippen LogP contribution >= 0.6 is 0 Å². The van der Waals surface area contributed by atoms with Crippen molar-refractivity contribution in [2.75, 3.05) is 27.7 Å². The number of esters is 1. The van der Waals surface area contributed by atoms with Gasteiger partial charge in [-0.1, -0.05) is 31.4 Å². The van der Waals surface area contributed by atoms with Gasteiger partial charge in [0.2, 0.25) is 0 Å². The van der Waals surface area contributed by atoms with Gasteiger partial charge < -0.3 is 9.72 Å². The van der Waals surface area contributed by atoms with Crippen LogP contribution in [0.15, 0.2) is 48.5 Å². The van der Waals surface area contributed by atoms with Gasteiger partial charge in [0.05, 0.1) is 38.9 Å². The van der Waals surface area contributed by atoms with Gasteiger partial charge in [0, 0.05) is 17.3 Å². The molecule has 0 radical (unpaired) electrons. The predicted molar refractivity (Wildman–Crippen MR) is 126 cm³/mol. The molecule has 3 rings (SSSR count). The highest BCUT2D eigenvalue weighted by molar-refractivity contribution is 5.90. The number of ether oxygens (including phenoxy) is 1. The third kappa shape index (κ3) is 7.09. The molecule has 1 N–H and O–H groups in total. The SMILES string of the molecule is C[N+](C)(C)c1cccc(C(=O)OCCCCCCCc2cc3ccc(C(F)(F)F)cc3[nH]2)c1. The van der Waals surface area contributed by atoms with E-state index in [0.29, 0.717) is 22.2 Å². The summed E-state index contributed by atoms with van der Waals surface area (Å²) in [4.78, 5) is 15.4. The van der Waals surface area contributed by atoms with Crippen molar-refractivity contribution in [2.24, 2.45) is 0 Å². The van der Waals surface area contributed by atoms with Crippen LogP contribution in [0.25, 0.3) is 10.9 Å². The molecule has 7 heteroatoms. The minimum Gasteiger partial charge on any atom is -0.462 e. The Morgan fingerprint density at radius 3 is 2.39 bits per heavy atom. The lowest BCUT2D eigenvalue weighted by Crippen LogP contribution is -2.34. The Kier molecular flexibility index (Phi) is 7.84. The monoisotopic (exact) mass is 461 g/mol. The molecule has 2 aromatic carbocycles. The van der Waals surface area contributed by atoms with E-state index in [2.05, 4.69) is 4.98 Å². The molecule has 33 heavy (non-hydrogen) atoms. The molecular weight excluding hydrogens is 429 g/mol. The summed E-state index contributed by atoms with van der Waals surface area (Å²) in [7, 11) is 6.14. The Hall–Kier alpha value is -2.80. The van der Waals surface area contributed by atoms with Crippen LogP contribution in [0.5, 0.6) is 0 Å². The van der Waals surface area contributed by atoms with Crippen LogP contribution < -0.4 is 4.48 Å². The van der Waals surface area contributed by atoms with Gasteiger partial charge in [0.25, 0.3) is 0 Å². The van der Waals surface area contributed by atoms with Gasteiger partial charge in [-0.2, -0.15) is 13.2 Å². The molecule has 4 nitrogen and oxygen atoms in total. The second-order valence-corrected chi connectivity index (χ2v) is 9.31. The minimum absolute atomic E-state index is 0.294. The number of nitrogens with one attached hydrogen (secondary N) is 1. The molecule has 1 heterocycles. The molecule has 0 bridgehead atoms. The molecule has 0 saturated carbocycles. The van der Waals surface area contributed by atoms with E-state index in [1.54, 1.807) is 6.07 Å². The van der Waals surface area contributed by atoms with Gasteiger partial charge in [-0.25, -0.2) is 4.79 Å². The standard InChI is InChI=1S/C26H32F3N2O2/c1-31(2,3)23-12-9-10-20(17-23)25(32)33-15-8-6-4-5-7-11-22-16-19-13-14-21(26(27,28)29)18-24(19)30-22/h9-10,12-14,16-18,30H,4-8,11,15H2,1-3H3/q+1. The van der Waals surface area contributed by atoms with Gasteiger partial charge >= 0.3 is 12.1 Å². The number of quaternary nitrogens is 1. The molecule has 0 saturated heterocycles. The third-order valence-corrected chi connectivity index (χ3v) is 5.69. The molecule has 0 fully saturated rings. The molecule has 0 amide bonds. The number of fused-ring (bicyclic) bond motifs is 1. The van der Waals surface area contributed by atoms with Crippen molar-refractivity contribution < 1.29 is 22.7 Å². The van der Waals surface area contributed by atoms with E-state index in [9.17, 15) is 18.0 Å². The third-order valence-electron chi connectivity index (χ3n) is 5.69. The van der Waals surface area contributed by atoms with Crippen molar-refractivity contribution in [3.8, 4) is 0 Å². The molecule has 0 spiro atoms. The van der Waals surface area contributed by atoms with Gasteiger partial charge in [-0.3, -0.25) is 4.48 Å². The summed E-state index contributed by atoms with van der Waals surface area (Å²) >= 11 is 0. The van der Waals surface area contributed by atoms with Crippen molar-refractivity contribution in [1.29, 1.82) is 0 Å². The van der Waals surface area contributed by atoms with E-state index in [4.69, 9.17) is 4.74 Å². The Labute approximate surface area is 193 Å². The molecule has 0 unspecified atom stereocenters. The number of benzene rings is 2. The topological polar surface area (TPSA) is 42.1 Å². The number of carbonyl (C=O) groups is 1. The van der Waals surface area contributed by atoms with E-state index in [1.807, 2.05) is 45.4 Å².